The fourth-order valence-electron chi connectivity index (χ4n) is 4.73. The van der Waals surface area contributed by atoms with Crippen molar-refractivity contribution in [3.05, 3.63) is 35.4 Å². The summed E-state index contributed by atoms with van der Waals surface area (Å²) in [4.78, 5) is 15.2. The standard InChI is InChI=1S/C19H24F2N2O2.ClH/c20-15-5-4-13(9-16(15)21)17-11-23(7-8-25-17)18(24)19-6-2-1-3-14(19)10-22-12-19;/h4-5,9,14,17,22H,1-3,6-8,10-12H2;1H/t14-,17?,19+;/m0./s1. The Labute approximate surface area is 158 Å². The van der Waals surface area contributed by atoms with Crippen molar-refractivity contribution in [2.75, 3.05) is 32.8 Å². The highest BCUT2D eigenvalue weighted by Gasteiger charge is 2.51. The largest absolute Gasteiger partial charge is 0.370 e. The van der Waals surface area contributed by atoms with Crippen LogP contribution < -0.4 is 5.32 Å². The van der Waals surface area contributed by atoms with Crippen LogP contribution in [0.4, 0.5) is 8.78 Å². The predicted molar refractivity (Wildman–Crippen MR) is 96.1 cm³/mol. The number of amides is 1. The van der Waals surface area contributed by atoms with Gasteiger partial charge in [0, 0.05) is 13.1 Å². The summed E-state index contributed by atoms with van der Waals surface area (Å²) < 4.78 is 32.4. The summed E-state index contributed by atoms with van der Waals surface area (Å²) in [5.41, 5.74) is 0.299. The number of nitrogens with zero attached hydrogens (tertiary/aromatic N) is 1. The molecule has 3 fully saturated rings. The third kappa shape index (κ3) is 3.35. The average Bonchev–Trinajstić information content (AvgIpc) is 3.08. The van der Waals surface area contributed by atoms with Crippen molar-refractivity contribution in [2.45, 2.75) is 31.8 Å². The number of hydrogen-bond donors (Lipinski definition) is 1. The smallest absolute Gasteiger partial charge is 0.230 e. The summed E-state index contributed by atoms with van der Waals surface area (Å²) in [6.45, 7) is 3.06. The van der Waals surface area contributed by atoms with Gasteiger partial charge in [0.15, 0.2) is 11.6 Å². The second-order valence-electron chi connectivity index (χ2n) is 7.51. The molecule has 0 bridgehead atoms. The van der Waals surface area contributed by atoms with Crippen molar-refractivity contribution in [1.82, 2.24) is 10.2 Å². The zero-order chi connectivity index (χ0) is 17.4. The van der Waals surface area contributed by atoms with E-state index in [1.807, 2.05) is 4.90 Å². The SMILES string of the molecule is Cl.O=C(N1CCOC(c2ccc(F)c(F)c2)C1)[C@@]12CCCC[C@H]1CNC2. The van der Waals surface area contributed by atoms with Crippen molar-refractivity contribution in [3.63, 3.8) is 0 Å². The topological polar surface area (TPSA) is 41.6 Å². The van der Waals surface area contributed by atoms with E-state index in [1.54, 1.807) is 0 Å². The van der Waals surface area contributed by atoms with Crippen LogP contribution in [0.2, 0.25) is 0 Å². The van der Waals surface area contributed by atoms with Crippen LogP contribution in [0.25, 0.3) is 0 Å². The Bertz CT molecular complexity index is 675. The van der Waals surface area contributed by atoms with E-state index in [0.29, 0.717) is 31.2 Å². The number of carbonyl (C=O) groups is 1. The van der Waals surface area contributed by atoms with E-state index >= 15 is 0 Å². The molecule has 0 radical (unpaired) electrons. The first-order valence-electron chi connectivity index (χ1n) is 9.17. The first-order chi connectivity index (χ1) is 12.1. The average molecular weight is 387 g/mol. The van der Waals surface area contributed by atoms with Gasteiger partial charge >= 0.3 is 0 Å². The molecule has 2 aliphatic heterocycles. The summed E-state index contributed by atoms with van der Waals surface area (Å²) in [7, 11) is 0. The van der Waals surface area contributed by atoms with Crippen molar-refractivity contribution in [2.24, 2.45) is 11.3 Å². The highest BCUT2D eigenvalue weighted by atomic mass is 35.5. The highest BCUT2D eigenvalue weighted by molar-refractivity contribution is 5.85. The monoisotopic (exact) mass is 386 g/mol. The van der Waals surface area contributed by atoms with Crippen molar-refractivity contribution in [1.29, 1.82) is 0 Å². The van der Waals surface area contributed by atoms with Gasteiger partial charge < -0.3 is 15.0 Å². The van der Waals surface area contributed by atoms with Crippen LogP contribution in [0.3, 0.4) is 0 Å². The summed E-state index contributed by atoms with van der Waals surface area (Å²) in [5.74, 6) is -1.12. The molecule has 144 valence electrons. The van der Waals surface area contributed by atoms with E-state index in [2.05, 4.69) is 5.32 Å². The third-order valence-electron chi connectivity index (χ3n) is 6.13. The van der Waals surface area contributed by atoms with E-state index in [1.165, 1.54) is 18.6 Å². The van der Waals surface area contributed by atoms with Crippen molar-refractivity contribution in [3.8, 4) is 0 Å². The number of halogens is 3. The predicted octanol–water partition coefficient (Wildman–Crippen LogP) is 3.07. The van der Waals surface area contributed by atoms with Crippen LogP contribution in [0.1, 0.15) is 37.4 Å². The van der Waals surface area contributed by atoms with Gasteiger partial charge in [-0.1, -0.05) is 18.9 Å². The number of benzene rings is 1. The molecule has 1 unspecified atom stereocenters. The third-order valence-corrected chi connectivity index (χ3v) is 6.13. The first-order valence-corrected chi connectivity index (χ1v) is 9.17. The molecule has 7 heteroatoms. The summed E-state index contributed by atoms with van der Waals surface area (Å²) >= 11 is 0. The maximum absolute atomic E-state index is 13.5. The maximum atomic E-state index is 13.5. The molecule has 26 heavy (non-hydrogen) atoms. The molecule has 1 aliphatic carbocycles. The van der Waals surface area contributed by atoms with Crippen LogP contribution in [0.5, 0.6) is 0 Å². The molecule has 0 aromatic heterocycles. The van der Waals surface area contributed by atoms with Gasteiger partial charge in [0.2, 0.25) is 5.91 Å². The van der Waals surface area contributed by atoms with E-state index in [9.17, 15) is 13.6 Å². The molecule has 2 saturated heterocycles. The van der Waals surface area contributed by atoms with Crippen molar-refractivity contribution >= 4 is 18.3 Å². The lowest BCUT2D eigenvalue weighted by Crippen LogP contribution is -2.53. The Morgan fingerprint density at radius 1 is 1.27 bits per heavy atom. The van der Waals surface area contributed by atoms with E-state index < -0.39 is 17.7 Å². The molecule has 1 saturated carbocycles. The fraction of sp³-hybridized carbons (Fsp3) is 0.632. The molecule has 3 atom stereocenters. The molecule has 3 aliphatic rings. The van der Waals surface area contributed by atoms with Gasteiger partial charge in [-0.3, -0.25) is 4.79 Å². The Morgan fingerprint density at radius 3 is 2.92 bits per heavy atom. The van der Waals surface area contributed by atoms with Gasteiger partial charge in [-0.2, -0.15) is 0 Å². The minimum absolute atomic E-state index is 0. The molecule has 4 rings (SSSR count). The van der Waals surface area contributed by atoms with Crippen LogP contribution in [-0.4, -0.2) is 43.6 Å². The number of nitrogens with one attached hydrogen (secondary N) is 1. The Balaban J connectivity index is 0.00000196. The summed E-state index contributed by atoms with van der Waals surface area (Å²) in [6, 6.07) is 3.83. The summed E-state index contributed by atoms with van der Waals surface area (Å²) in [5, 5.41) is 3.41. The molecular formula is C19H25ClF2N2O2. The van der Waals surface area contributed by atoms with Gasteiger partial charge in [-0.25, -0.2) is 8.78 Å². The van der Waals surface area contributed by atoms with Crippen LogP contribution in [0, 0.1) is 23.0 Å². The van der Waals surface area contributed by atoms with Crippen LogP contribution in [0.15, 0.2) is 18.2 Å². The molecule has 1 aromatic carbocycles. The quantitative estimate of drug-likeness (QED) is 0.849. The number of rotatable bonds is 2. The second kappa shape index (κ2) is 7.79. The Morgan fingerprint density at radius 2 is 2.12 bits per heavy atom. The lowest BCUT2D eigenvalue weighted by molar-refractivity contribution is -0.153. The Kier molecular flexibility index (Phi) is 5.85. The molecule has 1 aromatic rings. The zero-order valence-electron chi connectivity index (χ0n) is 14.7. The van der Waals surface area contributed by atoms with Gasteiger partial charge in [-0.05, 0) is 43.0 Å². The lowest BCUT2D eigenvalue weighted by Gasteiger charge is -2.43. The van der Waals surface area contributed by atoms with E-state index in [4.69, 9.17) is 4.74 Å². The second-order valence-corrected chi connectivity index (χ2v) is 7.51. The van der Waals surface area contributed by atoms with Gasteiger partial charge in [0.25, 0.3) is 0 Å². The molecule has 4 nitrogen and oxygen atoms in total. The first kappa shape index (κ1) is 19.5. The molecule has 1 N–H and O–H groups in total. The Hall–Kier alpha value is -1.24. The number of morpholine rings is 1. The van der Waals surface area contributed by atoms with Crippen LogP contribution in [-0.2, 0) is 9.53 Å². The lowest BCUT2D eigenvalue weighted by atomic mass is 9.67. The molecule has 0 spiro atoms. The van der Waals surface area contributed by atoms with Gasteiger partial charge in [0.05, 0.1) is 18.6 Å². The van der Waals surface area contributed by atoms with Gasteiger partial charge in [0.1, 0.15) is 6.10 Å². The highest BCUT2D eigenvalue weighted by Crippen LogP contribution is 2.45. The molecular weight excluding hydrogens is 362 g/mol. The molecule has 1 amide bonds. The van der Waals surface area contributed by atoms with E-state index in [0.717, 1.165) is 38.4 Å². The number of hydrogen-bond acceptors (Lipinski definition) is 3. The van der Waals surface area contributed by atoms with E-state index in [-0.39, 0.29) is 23.7 Å². The normalized spacial score (nSPS) is 31.2. The minimum atomic E-state index is -0.879. The number of ether oxygens (including phenoxy) is 1. The van der Waals surface area contributed by atoms with Crippen molar-refractivity contribution < 1.29 is 18.3 Å². The summed E-state index contributed by atoms with van der Waals surface area (Å²) in [6.07, 6.45) is 3.94. The molecule has 2 heterocycles. The van der Waals surface area contributed by atoms with Gasteiger partial charge in [-0.15, -0.1) is 12.4 Å². The number of fused-ring (bicyclic) bond motifs is 1. The number of carbonyl (C=O) groups excluding carboxylic acids is 1. The zero-order valence-corrected chi connectivity index (χ0v) is 15.5. The fourth-order valence-corrected chi connectivity index (χ4v) is 4.73. The van der Waals surface area contributed by atoms with Crippen LogP contribution >= 0.6 is 12.4 Å². The minimum Gasteiger partial charge on any atom is -0.370 e. The maximum Gasteiger partial charge on any atom is 0.230 e.